The number of piperazine rings is 1. The van der Waals surface area contributed by atoms with Gasteiger partial charge in [0.15, 0.2) is 12.4 Å². The van der Waals surface area contributed by atoms with Gasteiger partial charge in [0.25, 0.3) is 5.91 Å². The second-order valence-corrected chi connectivity index (χ2v) is 7.71. The Morgan fingerprint density at radius 2 is 1.47 bits per heavy atom. The summed E-state index contributed by atoms with van der Waals surface area (Å²) in [5.41, 5.74) is 1.73. The van der Waals surface area contributed by atoms with E-state index < -0.39 is 0 Å². The number of aromatic nitrogens is 2. The Morgan fingerprint density at radius 1 is 0.794 bits per heavy atom. The van der Waals surface area contributed by atoms with E-state index in [0.717, 1.165) is 22.8 Å². The smallest absolute Gasteiger partial charge is 0.260 e. The Kier molecular flexibility index (Phi) is 7.31. The van der Waals surface area contributed by atoms with Gasteiger partial charge in [0.2, 0.25) is 0 Å². The van der Waals surface area contributed by atoms with Crippen molar-refractivity contribution < 1.29 is 23.7 Å². The molecule has 0 aliphatic carbocycles. The van der Waals surface area contributed by atoms with E-state index >= 15 is 0 Å². The summed E-state index contributed by atoms with van der Waals surface area (Å²) < 4.78 is 21.5. The molecule has 0 unspecified atom stereocenters. The van der Waals surface area contributed by atoms with Crippen LogP contribution in [0.15, 0.2) is 54.6 Å². The predicted molar refractivity (Wildman–Crippen MR) is 128 cm³/mol. The molecule has 0 spiro atoms. The average Bonchev–Trinajstić information content (AvgIpc) is 2.91. The van der Waals surface area contributed by atoms with Gasteiger partial charge in [-0.2, -0.15) is 0 Å². The number of hydrogen-bond donors (Lipinski definition) is 0. The molecule has 0 bridgehead atoms. The van der Waals surface area contributed by atoms with Crippen LogP contribution >= 0.6 is 0 Å². The van der Waals surface area contributed by atoms with Crippen LogP contribution in [0.5, 0.6) is 23.0 Å². The molecule has 0 radical (unpaired) electrons. The van der Waals surface area contributed by atoms with Gasteiger partial charge >= 0.3 is 0 Å². The van der Waals surface area contributed by atoms with Crippen LogP contribution < -0.4 is 23.8 Å². The molecular weight excluding hydrogens is 436 g/mol. The topological polar surface area (TPSA) is 86.3 Å². The van der Waals surface area contributed by atoms with Crippen molar-refractivity contribution in [1.29, 1.82) is 0 Å². The Hall–Kier alpha value is -4.01. The number of methoxy groups -OCH3 is 3. The fourth-order valence-electron chi connectivity index (χ4n) is 3.72. The van der Waals surface area contributed by atoms with Crippen molar-refractivity contribution in [3.63, 3.8) is 0 Å². The SMILES string of the molecule is COc1cc(OC)cc(OCC(=O)N2CCN(c3ccc(-c4cccc(OC)c4)nn3)CC2)c1. The number of benzene rings is 2. The van der Waals surface area contributed by atoms with Gasteiger partial charge in [-0.15, -0.1) is 10.2 Å². The second-order valence-electron chi connectivity index (χ2n) is 7.71. The third-order valence-corrected chi connectivity index (χ3v) is 5.66. The molecular formula is C25H28N4O5. The first-order chi connectivity index (χ1) is 16.6. The molecule has 0 atom stereocenters. The molecule has 4 rings (SSSR count). The molecule has 178 valence electrons. The molecule has 3 aromatic rings. The predicted octanol–water partition coefficient (Wildman–Crippen LogP) is 2.90. The Labute approximate surface area is 198 Å². The van der Waals surface area contributed by atoms with Crippen LogP contribution in [0.4, 0.5) is 5.82 Å². The minimum Gasteiger partial charge on any atom is -0.497 e. The van der Waals surface area contributed by atoms with Crippen LogP contribution in [-0.4, -0.2) is 75.1 Å². The van der Waals surface area contributed by atoms with Gasteiger partial charge in [0.1, 0.15) is 23.0 Å². The highest BCUT2D eigenvalue weighted by molar-refractivity contribution is 5.78. The number of anilines is 1. The van der Waals surface area contributed by atoms with Crippen LogP contribution in [0.25, 0.3) is 11.3 Å². The quantitative estimate of drug-likeness (QED) is 0.503. The number of carbonyl (C=O) groups excluding carboxylic acids is 1. The summed E-state index contributed by atoms with van der Waals surface area (Å²) in [6, 6.07) is 16.8. The van der Waals surface area contributed by atoms with Crippen LogP contribution in [0, 0.1) is 0 Å². The molecule has 1 aromatic heterocycles. The summed E-state index contributed by atoms with van der Waals surface area (Å²) in [6.07, 6.45) is 0. The van der Waals surface area contributed by atoms with E-state index in [1.165, 1.54) is 0 Å². The van der Waals surface area contributed by atoms with Gasteiger partial charge in [0, 0.05) is 49.9 Å². The largest absolute Gasteiger partial charge is 0.497 e. The summed E-state index contributed by atoms with van der Waals surface area (Å²) >= 11 is 0. The van der Waals surface area contributed by atoms with Crippen molar-refractivity contribution in [3.8, 4) is 34.3 Å². The number of nitrogens with zero attached hydrogens (tertiary/aromatic N) is 4. The molecule has 1 aliphatic heterocycles. The van der Waals surface area contributed by atoms with E-state index in [4.69, 9.17) is 18.9 Å². The van der Waals surface area contributed by atoms with Crippen molar-refractivity contribution >= 4 is 11.7 Å². The third-order valence-electron chi connectivity index (χ3n) is 5.66. The van der Waals surface area contributed by atoms with Gasteiger partial charge in [-0.25, -0.2) is 0 Å². The zero-order chi connectivity index (χ0) is 23.9. The lowest BCUT2D eigenvalue weighted by Gasteiger charge is -2.35. The Bertz CT molecular complexity index is 1090. The normalized spacial score (nSPS) is 13.4. The lowest BCUT2D eigenvalue weighted by molar-refractivity contribution is -0.133. The number of carbonyl (C=O) groups is 1. The Morgan fingerprint density at radius 3 is 2.09 bits per heavy atom. The van der Waals surface area contributed by atoms with E-state index in [2.05, 4.69) is 15.1 Å². The maximum Gasteiger partial charge on any atom is 0.260 e. The summed E-state index contributed by atoms with van der Waals surface area (Å²) in [6.45, 7) is 2.47. The van der Waals surface area contributed by atoms with Crippen molar-refractivity contribution in [3.05, 3.63) is 54.6 Å². The van der Waals surface area contributed by atoms with Crippen LogP contribution in [0.1, 0.15) is 0 Å². The molecule has 1 saturated heterocycles. The molecule has 1 amide bonds. The summed E-state index contributed by atoms with van der Waals surface area (Å²) in [4.78, 5) is 16.6. The van der Waals surface area contributed by atoms with Crippen molar-refractivity contribution in [2.75, 3.05) is 59.0 Å². The maximum absolute atomic E-state index is 12.7. The first kappa shape index (κ1) is 23.2. The molecule has 0 saturated carbocycles. The Balaban J connectivity index is 1.30. The number of rotatable bonds is 8. The third kappa shape index (κ3) is 5.48. The van der Waals surface area contributed by atoms with E-state index in [-0.39, 0.29) is 12.5 Å². The van der Waals surface area contributed by atoms with Gasteiger partial charge in [-0.1, -0.05) is 12.1 Å². The van der Waals surface area contributed by atoms with Crippen LogP contribution in [0.2, 0.25) is 0 Å². The minimum atomic E-state index is -0.0686. The van der Waals surface area contributed by atoms with Gasteiger partial charge < -0.3 is 28.7 Å². The maximum atomic E-state index is 12.7. The summed E-state index contributed by atoms with van der Waals surface area (Å²) in [5, 5.41) is 8.77. The average molecular weight is 465 g/mol. The monoisotopic (exact) mass is 464 g/mol. The van der Waals surface area contributed by atoms with E-state index in [1.807, 2.05) is 36.4 Å². The summed E-state index contributed by atoms with van der Waals surface area (Å²) in [7, 11) is 4.78. The first-order valence-electron chi connectivity index (χ1n) is 11.0. The lowest BCUT2D eigenvalue weighted by atomic mass is 10.1. The van der Waals surface area contributed by atoms with Crippen LogP contribution in [-0.2, 0) is 4.79 Å². The van der Waals surface area contributed by atoms with Crippen LogP contribution in [0.3, 0.4) is 0 Å². The molecule has 1 aliphatic rings. The van der Waals surface area contributed by atoms with Gasteiger partial charge in [0.05, 0.1) is 27.0 Å². The molecule has 0 N–H and O–H groups in total. The standard InChI is InChI=1S/C25H28N4O5/c1-31-19-6-4-5-18(13-19)23-7-8-24(27-26-23)28-9-11-29(12-10-28)25(30)17-34-22-15-20(32-2)14-21(16-22)33-3/h4-8,13-16H,9-12,17H2,1-3H3. The van der Waals surface area contributed by atoms with E-state index in [1.54, 1.807) is 44.4 Å². The molecule has 9 heteroatoms. The van der Waals surface area contributed by atoms with Gasteiger partial charge in [-0.3, -0.25) is 4.79 Å². The molecule has 2 heterocycles. The summed E-state index contributed by atoms with van der Waals surface area (Å²) in [5.74, 6) is 3.23. The molecule has 2 aromatic carbocycles. The van der Waals surface area contributed by atoms with Gasteiger partial charge in [-0.05, 0) is 24.3 Å². The van der Waals surface area contributed by atoms with E-state index in [0.29, 0.717) is 43.4 Å². The van der Waals surface area contributed by atoms with Crippen molar-refractivity contribution in [2.45, 2.75) is 0 Å². The highest BCUT2D eigenvalue weighted by Crippen LogP contribution is 2.27. The van der Waals surface area contributed by atoms with Crippen molar-refractivity contribution in [1.82, 2.24) is 15.1 Å². The highest BCUT2D eigenvalue weighted by atomic mass is 16.5. The minimum absolute atomic E-state index is 0.0502. The highest BCUT2D eigenvalue weighted by Gasteiger charge is 2.22. The zero-order valence-corrected chi connectivity index (χ0v) is 19.6. The van der Waals surface area contributed by atoms with Crippen molar-refractivity contribution in [2.24, 2.45) is 0 Å². The first-order valence-corrected chi connectivity index (χ1v) is 11.0. The van der Waals surface area contributed by atoms with E-state index in [9.17, 15) is 4.79 Å². The number of ether oxygens (including phenoxy) is 4. The fourth-order valence-corrected chi connectivity index (χ4v) is 3.72. The molecule has 34 heavy (non-hydrogen) atoms. The number of amides is 1. The molecule has 9 nitrogen and oxygen atoms in total. The lowest BCUT2D eigenvalue weighted by Crippen LogP contribution is -2.50. The second kappa shape index (κ2) is 10.7. The fraction of sp³-hybridized carbons (Fsp3) is 0.320. The molecule has 1 fully saturated rings. The zero-order valence-electron chi connectivity index (χ0n) is 19.6. The number of hydrogen-bond acceptors (Lipinski definition) is 8.